The van der Waals surface area contributed by atoms with E-state index < -0.39 is 0 Å². The molecular formula is C16H14N2O. The molecule has 94 valence electrons. The minimum atomic E-state index is 0.727. The van der Waals surface area contributed by atoms with Crippen molar-refractivity contribution in [2.45, 2.75) is 13.8 Å². The fraction of sp³-hybridized carbons (Fsp3) is 0.125. The quantitative estimate of drug-likeness (QED) is 0.653. The van der Waals surface area contributed by atoms with Gasteiger partial charge in [-0.25, -0.2) is 0 Å². The van der Waals surface area contributed by atoms with Crippen LogP contribution in [0.1, 0.15) is 21.7 Å². The van der Waals surface area contributed by atoms with Crippen LogP contribution in [-0.2, 0) is 0 Å². The van der Waals surface area contributed by atoms with Gasteiger partial charge in [0.05, 0.1) is 17.4 Å². The van der Waals surface area contributed by atoms with Gasteiger partial charge in [0, 0.05) is 22.3 Å². The predicted octanol–water partition coefficient (Wildman–Crippen LogP) is 3.45. The molecule has 0 bridgehead atoms. The highest BCUT2D eigenvalue weighted by atomic mass is 16.1. The third kappa shape index (κ3) is 1.83. The van der Waals surface area contributed by atoms with E-state index in [1.807, 2.05) is 50.4 Å². The molecule has 3 heteroatoms. The number of nitrogens with zero attached hydrogens (tertiary/aromatic N) is 2. The van der Waals surface area contributed by atoms with Gasteiger partial charge < -0.3 is 4.57 Å². The second-order valence-corrected chi connectivity index (χ2v) is 4.67. The van der Waals surface area contributed by atoms with Gasteiger partial charge in [0.15, 0.2) is 6.29 Å². The number of aromatic nitrogens is 2. The summed E-state index contributed by atoms with van der Waals surface area (Å²) in [7, 11) is 0. The molecule has 0 fully saturated rings. The fourth-order valence-electron chi connectivity index (χ4n) is 2.49. The van der Waals surface area contributed by atoms with Crippen molar-refractivity contribution in [3.8, 4) is 5.69 Å². The topological polar surface area (TPSA) is 34.9 Å². The average Bonchev–Trinajstić information content (AvgIpc) is 2.73. The van der Waals surface area contributed by atoms with Gasteiger partial charge >= 0.3 is 0 Å². The van der Waals surface area contributed by atoms with E-state index >= 15 is 0 Å². The van der Waals surface area contributed by atoms with Crippen LogP contribution >= 0.6 is 0 Å². The van der Waals surface area contributed by atoms with Crippen LogP contribution in [0, 0.1) is 13.8 Å². The molecule has 0 unspecified atom stereocenters. The Morgan fingerprint density at radius 1 is 1.16 bits per heavy atom. The molecule has 0 saturated carbocycles. The van der Waals surface area contributed by atoms with Gasteiger partial charge in [-0.05, 0) is 32.0 Å². The second-order valence-electron chi connectivity index (χ2n) is 4.67. The Kier molecular flexibility index (Phi) is 2.67. The first-order chi connectivity index (χ1) is 9.20. The van der Waals surface area contributed by atoms with Crippen molar-refractivity contribution in [1.29, 1.82) is 0 Å². The summed E-state index contributed by atoms with van der Waals surface area (Å²) in [4.78, 5) is 15.5. The molecule has 0 radical (unpaired) electrons. The van der Waals surface area contributed by atoms with Crippen molar-refractivity contribution in [2.75, 3.05) is 0 Å². The molecule has 2 heterocycles. The summed E-state index contributed by atoms with van der Waals surface area (Å²) in [5.74, 6) is 0. The summed E-state index contributed by atoms with van der Waals surface area (Å²) < 4.78 is 2.06. The van der Waals surface area contributed by atoms with Crippen LogP contribution in [0.5, 0.6) is 0 Å². The number of carbonyl (C=O) groups excluding carboxylic acids is 1. The van der Waals surface area contributed by atoms with Gasteiger partial charge in [0.25, 0.3) is 0 Å². The molecule has 3 rings (SSSR count). The van der Waals surface area contributed by atoms with Crippen molar-refractivity contribution in [2.24, 2.45) is 0 Å². The monoisotopic (exact) mass is 250 g/mol. The average molecular weight is 250 g/mol. The number of fused-ring (bicyclic) bond motifs is 1. The summed E-state index contributed by atoms with van der Waals surface area (Å²) >= 11 is 0. The Morgan fingerprint density at radius 3 is 2.68 bits per heavy atom. The summed E-state index contributed by atoms with van der Waals surface area (Å²) in [6.07, 6.45) is 2.74. The highest BCUT2D eigenvalue weighted by Crippen LogP contribution is 2.22. The van der Waals surface area contributed by atoms with Crippen LogP contribution in [0.2, 0.25) is 0 Å². The lowest BCUT2D eigenvalue weighted by atomic mass is 10.2. The van der Waals surface area contributed by atoms with Gasteiger partial charge in [-0.2, -0.15) is 0 Å². The van der Waals surface area contributed by atoms with E-state index in [9.17, 15) is 4.79 Å². The number of rotatable bonds is 2. The van der Waals surface area contributed by atoms with Crippen molar-refractivity contribution in [3.05, 3.63) is 59.5 Å². The van der Waals surface area contributed by atoms with Crippen molar-refractivity contribution < 1.29 is 4.79 Å². The summed E-state index contributed by atoms with van der Waals surface area (Å²) in [6, 6.07) is 12.0. The van der Waals surface area contributed by atoms with Crippen LogP contribution in [0.3, 0.4) is 0 Å². The van der Waals surface area contributed by atoms with E-state index in [4.69, 9.17) is 0 Å². The smallest absolute Gasteiger partial charge is 0.151 e. The van der Waals surface area contributed by atoms with Crippen LogP contribution < -0.4 is 0 Å². The largest absolute Gasteiger partial charge is 0.316 e. The molecule has 0 atom stereocenters. The van der Waals surface area contributed by atoms with E-state index in [2.05, 4.69) is 15.6 Å². The molecule has 0 spiro atoms. The Labute approximate surface area is 111 Å². The van der Waals surface area contributed by atoms with Crippen LogP contribution in [0.4, 0.5) is 0 Å². The minimum absolute atomic E-state index is 0.727. The molecule has 0 N–H and O–H groups in total. The highest BCUT2D eigenvalue weighted by molar-refractivity contribution is 5.81. The number of hydrogen-bond donors (Lipinski definition) is 0. The van der Waals surface area contributed by atoms with E-state index in [0.29, 0.717) is 0 Å². The summed E-state index contributed by atoms with van der Waals surface area (Å²) in [5, 5.41) is 1.10. The zero-order chi connectivity index (χ0) is 13.4. The fourth-order valence-corrected chi connectivity index (χ4v) is 2.49. The predicted molar refractivity (Wildman–Crippen MR) is 75.9 cm³/mol. The molecule has 3 nitrogen and oxygen atoms in total. The van der Waals surface area contributed by atoms with Gasteiger partial charge in [-0.15, -0.1) is 0 Å². The normalized spacial score (nSPS) is 10.8. The first-order valence-electron chi connectivity index (χ1n) is 6.20. The van der Waals surface area contributed by atoms with E-state index in [0.717, 1.165) is 39.8 Å². The molecule has 0 aliphatic carbocycles. The zero-order valence-electron chi connectivity index (χ0n) is 10.9. The second kappa shape index (κ2) is 4.35. The molecule has 0 aliphatic rings. The van der Waals surface area contributed by atoms with Crippen molar-refractivity contribution in [3.63, 3.8) is 0 Å². The van der Waals surface area contributed by atoms with Crippen LogP contribution in [0.25, 0.3) is 16.6 Å². The third-order valence-electron chi connectivity index (χ3n) is 3.43. The molecule has 0 saturated heterocycles. The Bertz CT molecular complexity index is 772. The minimum Gasteiger partial charge on any atom is -0.316 e. The summed E-state index contributed by atoms with van der Waals surface area (Å²) in [6.45, 7) is 3.95. The van der Waals surface area contributed by atoms with E-state index in [1.165, 1.54) is 0 Å². The summed E-state index contributed by atoms with van der Waals surface area (Å²) in [5.41, 5.74) is 4.68. The number of benzene rings is 1. The lowest BCUT2D eigenvalue weighted by Crippen LogP contribution is -2.00. The first-order valence-corrected chi connectivity index (χ1v) is 6.20. The standard InChI is InChI=1S/C16H14N2O/c1-11-7-14(10-19)12(2)18(11)15-8-13-5-3-4-6-16(13)17-9-15/h3-10H,1-2H3. The SMILES string of the molecule is Cc1cc(C=O)c(C)n1-c1cnc2ccccc2c1. The number of hydrogen-bond acceptors (Lipinski definition) is 2. The third-order valence-corrected chi connectivity index (χ3v) is 3.43. The Morgan fingerprint density at radius 2 is 1.95 bits per heavy atom. The maximum absolute atomic E-state index is 11.0. The van der Waals surface area contributed by atoms with Gasteiger partial charge in [-0.3, -0.25) is 9.78 Å². The van der Waals surface area contributed by atoms with Crippen molar-refractivity contribution in [1.82, 2.24) is 9.55 Å². The number of aldehydes is 1. The Balaban J connectivity index is 2.24. The molecule has 2 aromatic heterocycles. The highest BCUT2D eigenvalue weighted by Gasteiger charge is 2.10. The van der Waals surface area contributed by atoms with Crippen LogP contribution in [0.15, 0.2) is 42.6 Å². The zero-order valence-corrected chi connectivity index (χ0v) is 10.9. The number of carbonyl (C=O) groups is 1. The van der Waals surface area contributed by atoms with Gasteiger partial charge in [0.1, 0.15) is 0 Å². The molecule has 3 aromatic rings. The molecule has 0 amide bonds. The molecule has 1 aromatic carbocycles. The Hall–Kier alpha value is -2.42. The lowest BCUT2D eigenvalue weighted by molar-refractivity contribution is 0.112. The number of para-hydroxylation sites is 1. The molecule has 19 heavy (non-hydrogen) atoms. The first kappa shape index (κ1) is 11.7. The van der Waals surface area contributed by atoms with Crippen molar-refractivity contribution >= 4 is 17.2 Å². The molecular weight excluding hydrogens is 236 g/mol. The number of aryl methyl sites for hydroxylation is 1. The van der Waals surface area contributed by atoms with E-state index in [1.54, 1.807) is 0 Å². The lowest BCUT2D eigenvalue weighted by Gasteiger charge is -2.10. The van der Waals surface area contributed by atoms with Gasteiger partial charge in [-0.1, -0.05) is 18.2 Å². The van der Waals surface area contributed by atoms with E-state index in [-0.39, 0.29) is 0 Å². The van der Waals surface area contributed by atoms with Gasteiger partial charge in [0.2, 0.25) is 0 Å². The number of pyridine rings is 1. The maximum atomic E-state index is 11.0. The van der Waals surface area contributed by atoms with Crippen LogP contribution in [-0.4, -0.2) is 15.8 Å². The molecule has 0 aliphatic heterocycles. The maximum Gasteiger partial charge on any atom is 0.151 e.